The van der Waals surface area contributed by atoms with Crippen molar-refractivity contribution in [2.24, 2.45) is 5.16 Å². The molecule has 2 N–H and O–H groups in total. The molecule has 0 bridgehead atoms. The SMILES string of the molecule is CC(=O)ON=C(C)C(=O)c1ccccc1Sc1ccc(OCCO)cc1OCCO. The number of nitrogens with zero attached hydrogens (tertiary/aromatic N) is 1. The summed E-state index contributed by atoms with van der Waals surface area (Å²) in [5.74, 6) is -0.00817. The molecule has 0 aliphatic rings. The number of carbonyl (C=O) groups excluding carboxylic acids is 2. The van der Waals surface area contributed by atoms with E-state index in [2.05, 4.69) is 9.99 Å². The van der Waals surface area contributed by atoms with Crippen molar-refractivity contribution in [3.63, 3.8) is 0 Å². The maximum absolute atomic E-state index is 12.8. The second-order valence-corrected chi connectivity index (χ2v) is 7.02. The highest BCUT2D eigenvalue weighted by molar-refractivity contribution is 7.99. The molecule has 0 aromatic heterocycles. The first-order valence-corrected chi connectivity index (χ1v) is 9.93. The first-order chi connectivity index (χ1) is 14.5. The number of oxime groups is 1. The molecular formula is C21H23NO7S. The number of carbonyl (C=O) groups is 2. The van der Waals surface area contributed by atoms with Crippen LogP contribution in [0, 0.1) is 0 Å². The van der Waals surface area contributed by atoms with Gasteiger partial charge in [-0.05, 0) is 31.2 Å². The molecule has 2 aromatic carbocycles. The third-order valence-electron chi connectivity index (χ3n) is 3.62. The normalized spacial score (nSPS) is 11.1. The second kappa shape index (κ2) is 12.0. The van der Waals surface area contributed by atoms with Crippen molar-refractivity contribution < 1.29 is 34.1 Å². The Morgan fingerprint density at radius 2 is 1.67 bits per heavy atom. The minimum absolute atomic E-state index is 0.0442. The number of ether oxygens (including phenoxy) is 2. The Morgan fingerprint density at radius 1 is 0.967 bits per heavy atom. The van der Waals surface area contributed by atoms with Crippen molar-refractivity contribution in [3.8, 4) is 11.5 Å². The number of hydrogen-bond donors (Lipinski definition) is 2. The van der Waals surface area contributed by atoms with Crippen LogP contribution in [-0.2, 0) is 9.63 Å². The monoisotopic (exact) mass is 433 g/mol. The molecule has 0 saturated carbocycles. The number of aliphatic hydroxyl groups is 2. The minimum Gasteiger partial charge on any atom is -0.491 e. The Balaban J connectivity index is 2.32. The van der Waals surface area contributed by atoms with Crippen molar-refractivity contribution in [2.45, 2.75) is 23.6 Å². The number of aliphatic hydroxyl groups excluding tert-OH is 2. The van der Waals surface area contributed by atoms with Crippen molar-refractivity contribution >= 4 is 29.2 Å². The van der Waals surface area contributed by atoms with E-state index >= 15 is 0 Å². The van der Waals surface area contributed by atoms with Gasteiger partial charge in [0.15, 0.2) is 0 Å². The van der Waals surface area contributed by atoms with Crippen molar-refractivity contribution in [2.75, 3.05) is 26.4 Å². The third-order valence-corrected chi connectivity index (χ3v) is 4.75. The lowest BCUT2D eigenvalue weighted by Crippen LogP contribution is -2.13. The van der Waals surface area contributed by atoms with Crippen LogP contribution in [0.3, 0.4) is 0 Å². The highest BCUT2D eigenvalue weighted by atomic mass is 32.2. The molecule has 160 valence electrons. The lowest BCUT2D eigenvalue weighted by molar-refractivity contribution is -0.140. The van der Waals surface area contributed by atoms with Gasteiger partial charge in [-0.25, -0.2) is 4.79 Å². The fourth-order valence-corrected chi connectivity index (χ4v) is 3.33. The first-order valence-electron chi connectivity index (χ1n) is 9.11. The Kier molecular flexibility index (Phi) is 9.33. The van der Waals surface area contributed by atoms with E-state index in [9.17, 15) is 9.59 Å². The van der Waals surface area contributed by atoms with Crippen LogP contribution in [0.5, 0.6) is 11.5 Å². The van der Waals surface area contributed by atoms with Crippen LogP contribution in [0.15, 0.2) is 57.4 Å². The van der Waals surface area contributed by atoms with Gasteiger partial charge in [0.2, 0.25) is 5.78 Å². The molecule has 0 aliphatic carbocycles. The molecule has 8 nitrogen and oxygen atoms in total. The highest BCUT2D eigenvalue weighted by Gasteiger charge is 2.17. The van der Waals surface area contributed by atoms with Gasteiger partial charge in [-0.15, -0.1) is 0 Å². The van der Waals surface area contributed by atoms with Crippen molar-refractivity contribution in [1.82, 2.24) is 0 Å². The minimum atomic E-state index is -0.612. The van der Waals surface area contributed by atoms with Gasteiger partial charge < -0.3 is 24.5 Å². The molecule has 2 rings (SSSR count). The molecule has 9 heteroatoms. The Labute approximate surface area is 178 Å². The molecule has 0 fully saturated rings. The van der Waals surface area contributed by atoms with Gasteiger partial charge >= 0.3 is 5.97 Å². The molecule has 0 aliphatic heterocycles. The van der Waals surface area contributed by atoms with E-state index in [4.69, 9.17) is 19.7 Å². The van der Waals surface area contributed by atoms with Gasteiger partial charge in [0.05, 0.1) is 18.1 Å². The topological polar surface area (TPSA) is 115 Å². The predicted octanol–water partition coefficient (Wildman–Crippen LogP) is 2.70. The van der Waals surface area contributed by atoms with Gasteiger partial charge in [-0.3, -0.25) is 4.79 Å². The third kappa shape index (κ3) is 6.87. The number of hydrogen-bond acceptors (Lipinski definition) is 9. The number of benzene rings is 2. The van der Waals surface area contributed by atoms with Crippen LogP contribution >= 0.6 is 11.8 Å². The summed E-state index contributed by atoms with van der Waals surface area (Å²) in [5.41, 5.74) is 0.437. The van der Waals surface area contributed by atoms with Crippen LogP contribution in [-0.4, -0.2) is 54.1 Å². The summed E-state index contributed by atoms with van der Waals surface area (Å²) >= 11 is 1.30. The van der Waals surface area contributed by atoms with E-state index < -0.39 is 5.97 Å². The number of Topliss-reactive ketones (excluding diaryl/α,β-unsaturated/α-hetero) is 1. The zero-order chi connectivity index (χ0) is 21.9. The van der Waals surface area contributed by atoms with Crippen LogP contribution in [0.25, 0.3) is 0 Å². The summed E-state index contributed by atoms with van der Waals surface area (Å²) in [5, 5.41) is 21.6. The average Bonchev–Trinajstić information content (AvgIpc) is 2.75. The molecule has 0 amide bonds. The molecular weight excluding hydrogens is 410 g/mol. The molecule has 0 unspecified atom stereocenters. The smallest absolute Gasteiger partial charge is 0.331 e. The van der Waals surface area contributed by atoms with Crippen molar-refractivity contribution in [3.05, 3.63) is 48.0 Å². The van der Waals surface area contributed by atoms with Crippen LogP contribution in [0.1, 0.15) is 24.2 Å². The predicted molar refractivity (Wildman–Crippen MR) is 111 cm³/mol. The van der Waals surface area contributed by atoms with Crippen LogP contribution < -0.4 is 9.47 Å². The van der Waals surface area contributed by atoms with E-state index in [1.807, 2.05) is 0 Å². The molecule has 0 atom stereocenters. The number of ketones is 1. The summed E-state index contributed by atoms with van der Waals surface area (Å²) < 4.78 is 11.0. The molecule has 0 heterocycles. The Bertz CT molecular complexity index is 914. The van der Waals surface area contributed by atoms with Crippen LogP contribution in [0.2, 0.25) is 0 Å². The quantitative estimate of drug-likeness (QED) is 0.241. The largest absolute Gasteiger partial charge is 0.491 e. The maximum atomic E-state index is 12.8. The lowest BCUT2D eigenvalue weighted by Gasteiger charge is -2.14. The zero-order valence-electron chi connectivity index (χ0n) is 16.7. The van der Waals surface area contributed by atoms with Gasteiger partial charge in [0, 0.05) is 23.4 Å². The fourth-order valence-electron chi connectivity index (χ4n) is 2.33. The van der Waals surface area contributed by atoms with E-state index in [0.717, 1.165) is 0 Å². The van der Waals surface area contributed by atoms with Gasteiger partial charge in [0.25, 0.3) is 0 Å². The van der Waals surface area contributed by atoms with E-state index in [-0.39, 0.29) is 37.9 Å². The van der Waals surface area contributed by atoms with Gasteiger partial charge in [0.1, 0.15) is 30.4 Å². The van der Waals surface area contributed by atoms with Crippen LogP contribution in [0.4, 0.5) is 0 Å². The molecule has 0 spiro atoms. The summed E-state index contributed by atoms with van der Waals surface area (Å²) in [6.45, 7) is 2.62. The standard InChI is InChI=1S/C21H23NO7S/c1-14(22-29-15(2)25)21(26)17-5-3-4-6-19(17)30-20-8-7-16(27-11-9-23)13-18(20)28-12-10-24/h3-8,13,23-24H,9-12H2,1-2H3. The number of rotatable bonds is 11. The molecule has 0 saturated heterocycles. The Morgan fingerprint density at radius 3 is 2.37 bits per heavy atom. The van der Waals surface area contributed by atoms with Crippen molar-refractivity contribution in [1.29, 1.82) is 0 Å². The molecule has 30 heavy (non-hydrogen) atoms. The zero-order valence-corrected chi connectivity index (χ0v) is 17.5. The molecule has 2 aromatic rings. The molecule has 0 radical (unpaired) electrons. The first kappa shape index (κ1) is 23.4. The summed E-state index contributed by atoms with van der Waals surface area (Å²) in [6, 6.07) is 12.1. The summed E-state index contributed by atoms with van der Waals surface area (Å²) in [6.07, 6.45) is 0. The van der Waals surface area contributed by atoms with E-state index in [1.165, 1.54) is 25.6 Å². The van der Waals surface area contributed by atoms with Gasteiger partial charge in [-0.2, -0.15) is 0 Å². The van der Waals surface area contributed by atoms with Gasteiger partial charge in [-0.1, -0.05) is 29.1 Å². The summed E-state index contributed by atoms with van der Waals surface area (Å²) in [7, 11) is 0. The Hall–Kier alpha value is -2.88. The second-order valence-electron chi connectivity index (χ2n) is 5.94. The van der Waals surface area contributed by atoms with E-state index in [0.29, 0.717) is 26.9 Å². The highest BCUT2D eigenvalue weighted by Crippen LogP contribution is 2.39. The summed E-state index contributed by atoms with van der Waals surface area (Å²) in [4.78, 5) is 29.6. The fraction of sp³-hybridized carbons (Fsp3) is 0.286. The maximum Gasteiger partial charge on any atom is 0.331 e. The van der Waals surface area contributed by atoms with E-state index in [1.54, 1.807) is 42.5 Å². The lowest BCUT2D eigenvalue weighted by atomic mass is 10.1. The average molecular weight is 433 g/mol.